The number of nitrogens with zero attached hydrogens (tertiary/aromatic N) is 3. The van der Waals surface area contributed by atoms with E-state index in [2.05, 4.69) is 20.0 Å². The van der Waals surface area contributed by atoms with Gasteiger partial charge in [0.15, 0.2) is 0 Å². The number of carbonyl (C=O) groups excluding carboxylic acids is 1. The Kier molecular flexibility index (Phi) is 6.62. The number of nitrogens with one attached hydrogen (secondary N) is 1. The van der Waals surface area contributed by atoms with E-state index >= 15 is 0 Å². The summed E-state index contributed by atoms with van der Waals surface area (Å²) in [5.74, 6) is -2.72. The molecule has 0 aliphatic carbocycles. The molecule has 0 aliphatic rings. The molecule has 4 rings (SSSR count). The highest BCUT2D eigenvalue weighted by atomic mass is 19.4. The summed E-state index contributed by atoms with van der Waals surface area (Å²) in [4.78, 5) is 19.4. The van der Waals surface area contributed by atoms with E-state index in [0.717, 1.165) is 6.07 Å². The number of nitrogen functional groups attached to an aromatic ring is 1. The zero-order valence-electron chi connectivity index (χ0n) is 19.0. The Labute approximate surface area is 204 Å². The molecule has 0 spiro atoms. The van der Waals surface area contributed by atoms with Crippen molar-refractivity contribution in [1.82, 2.24) is 14.5 Å². The van der Waals surface area contributed by atoms with Gasteiger partial charge in [-0.05, 0) is 23.8 Å². The number of carbonyl (C=O) groups is 1. The summed E-state index contributed by atoms with van der Waals surface area (Å²) in [6, 6.07) is 8.09. The van der Waals surface area contributed by atoms with Crippen molar-refractivity contribution in [2.75, 3.05) is 24.2 Å². The molecule has 0 amide bonds. The highest BCUT2D eigenvalue weighted by Gasteiger charge is 2.42. The summed E-state index contributed by atoms with van der Waals surface area (Å²) in [6.07, 6.45) is -9.85. The van der Waals surface area contributed by atoms with Crippen molar-refractivity contribution in [2.24, 2.45) is 7.05 Å². The summed E-state index contributed by atoms with van der Waals surface area (Å²) < 4.78 is 84.9. The predicted octanol–water partition coefficient (Wildman–Crippen LogP) is 4.27. The molecule has 0 bridgehead atoms. The van der Waals surface area contributed by atoms with E-state index in [1.54, 1.807) is 23.9 Å². The van der Waals surface area contributed by atoms with Gasteiger partial charge in [-0.15, -0.1) is 0 Å². The summed E-state index contributed by atoms with van der Waals surface area (Å²) in [6.45, 7) is -1.40. The Morgan fingerprint density at radius 1 is 1.14 bits per heavy atom. The molecule has 37 heavy (non-hydrogen) atoms. The van der Waals surface area contributed by atoms with Gasteiger partial charge in [-0.2, -0.15) is 31.3 Å². The van der Waals surface area contributed by atoms with Crippen LogP contribution in [0.4, 0.5) is 38.1 Å². The van der Waals surface area contributed by atoms with E-state index in [1.807, 2.05) is 0 Å². The van der Waals surface area contributed by atoms with Crippen LogP contribution in [0, 0.1) is 0 Å². The number of alkyl halides is 6. The number of benzene rings is 2. The molecule has 1 unspecified atom stereocenters. The SMILES string of the molecule is Cn1ccc2c3c(NCC(CO)OC(=O)C(F)(F)F)nc(N)nc3cc(-c3ccccc3C(F)(F)F)c21. The number of rotatable bonds is 6. The van der Waals surface area contributed by atoms with Crippen molar-refractivity contribution >= 4 is 39.5 Å². The third kappa shape index (κ3) is 5.09. The van der Waals surface area contributed by atoms with Crippen LogP contribution < -0.4 is 11.1 Å². The number of anilines is 2. The highest BCUT2D eigenvalue weighted by Crippen LogP contribution is 2.42. The van der Waals surface area contributed by atoms with Crippen LogP contribution in [-0.2, 0) is 22.8 Å². The van der Waals surface area contributed by atoms with Gasteiger partial charge in [-0.1, -0.05) is 18.2 Å². The van der Waals surface area contributed by atoms with E-state index in [1.165, 1.54) is 24.3 Å². The van der Waals surface area contributed by atoms with Gasteiger partial charge >= 0.3 is 18.3 Å². The quantitative estimate of drug-likeness (QED) is 0.254. The predicted molar refractivity (Wildman–Crippen MR) is 122 cm³/mol. The summed E-state index contributed by atoms with van der Waals surface area (Å²) >= 11 is 0. The first-order chi connectivity index (χ1) is 17.3. The van der Waals surface area contributed by atoms with Crippen LogP contribution in [-0.4, -0.2) is 51.0 Å². The number of nitrogens with two attached hydrogens (primary N) is 1. The number of hydrogen-bond donors (Lipinski definition) is 3. The molecule has 8 nitrogen and oxygen atoms in total. The number of aromatic nitrogens is 3. The highest BCUT2D eigenvalue weighted by molar-refractivity contribution is 6.16. The van der Waals surface area contributed by atoms with Crippen molar-refractivity contribution in [3.8, 4) is 11.1 Å². The van der Waals surface area contributed by atoms with Gasteiger partial charge in [0.25, 0.3) is 0 Å². The number of ether oxygens (including phenoxy) is 1. The molecule has 2 aromatic heterocycles. The molecular weight excluding hydrogens is 508 g/mol. The van der Waals surface area contributed by atoms with Gasteiger partial charge in [0, 0.05) is 24.2 Å². The number of hydrogen-bond acceptors (Lipinski definition) is 7. The summed E-state index contributed by atoms with van der Waals surface area (Å²) in [7, 11) is 1.64. The third-order valence-corrected chi connectivity index (χ3v) is 5.56. The van der Waals surface area contributed by atoms with E-state index < -0.39 is 43.1 Å². The lowest BCUT2D eigenvalue weighted by molar-refractivity contribution is -0.205. The molecule has 2 heterocycles. The maximum absolute atomic E-state index is 13.8. The zero-order valence-corrected chi connectivity index (χ0v) is 19.0. The summed E-state index contributed by atoms with van der Waals surface area (Å²) in [5.41, 5.74) is 5.65. The zero-order chi connectivity index (χ0) is 27.1. The standard InChI is InChI=1S/C23H19F6N5O3/c1-34-7-6-13-17-16(8-14(18(13)34)12-4-2-3-5-15(12)22(24,25)26)32-21(30)33-19(17)31-9-11(10-35)37-20(36)23(27,28)29/h2-8,11,35H,9-10H2,1H3,(H3,30,31,32,33). The first-order valence-electron chi connectivity index (χ1n) is 10.7. The maximum Gasteiger partial charge on any atom is 0.490 e. The van der Waals surface area contributed by atoms with Gasteiger partial charge in [0.2, 0.25) is 5.95 Å². The maximum atomic E-state index is 13.8. The number of fused-ring (bicyclic) bond motifs is 3. The van der Waals surface area contributed by atoms with Crippen LogP contribution in [0.2, 0.25) is 0 Å². The smallest absolute Gasteiger partial charge is 0.451 e. The van der Waals surface area contributed by atoms with Gasteiger partial charge < -0.3 is 25.5 Å². The Morgan fingerprint density at radius 3 is 2.49 bits per heavy atom. The van der Waals surface area contributed by atoms with Crippen LogP contribution in [0.15, 0.2) is 42.6 Å². The van der Waals surface area contributed by atoms with Crippen molar-refractivity contribution in [3.63, 3.8) is 0 Å². The number of aliphatic hydroxyl groups is 1. The molecule has 0 radical (unpaired) electrons. The lowest BCUT2D eigenvalue weighted by Gasteiger charge is -2.19. The van der Waals surface area contributed by atoms with Crippen LogP contribution in [0.1, 0.15) is 5.56 Å². The van der Waals surface area contributed by atoms with Gasteiger partial charge in [-0.3, -0.25) is 0 Å². The molecule has 4 N–H and O–H groups in total. The molecule has 0 aliphatic heterocycles. The minimum Gasteiger partial charge on any atom is -0.451 e. The number of esters is 1. The molecule has 4 aromatic rings. The third-order valence-electron chi connectivity index (χ3n) is 5.56. The topological polar surface area (TPSA) is 115 Å². The molecule has 0 saturated carbocycles. The first-order valence-corrected chi connectivity index (χ1v) is 10.7. The van der Waals surface area contributed by atoms with Crippen LogP contribution in [0.5, 0.6) is 0 Å². The normalized spacial score (nSPS) is 13.2. The molecule has 2 aromatic carbocycles. The molecule has 0 saturated heterocycles. The fourth-order valence-electron chi connectivity index (χ4n) is 4.01. The number of aryl methyl sites for hydroxylation is 1. The minimum absolute atomic E-state index is 0.0239. The lowest BCUT2D eigenvalue weighted by Crippen LogP contribution is -2.35. The monoisotopic (exact) mass is 527 g/mol. The van der Waals surface area contributed by atoms with Crippen molar-refractivity contribution < 1.29 is 41.0 Å². The molecule has 196 valence electrons. The van der Waals surface area contributed by atoms with Gasteiger partial charge in [0.05, 0.1) is 35.1 Å². The largest absolute Gasteiger partial charge is 0.490 e. The lowest BCUT2D eigenvalue weighted by atomic mass is 9.95. The van der Waals surface area contributed by atoms with E-state index in [4.69, 9.17) is 5.73 Å². The van der Waals surface area contributed by atoms with Crippen LogP contribution in [0.25, 0.3) is 32.9 Å². The van der Waals surface area contributed by atoms with E-state index in [-0.39, 0.29) is 28.4 Å². The number of aliphatic hydroxyl groups excluding tert-OH is 1. The second-order valence-electron chi connectivity index (χ2n) is 8.07. The van der Waals surface area contributed by atoms with Crippen molar-refractivity contribution in [1.29, 1.82) is 0 Å². The Balaban J connectivity index is 1.84. The fourth-order valence-corrected chi connectivity index (χ4v) is 4.01. The number of halogens is 6. The average Bonchev–Trinajstić information content (AvgIpc) is 3.20. The Bertz CT molecular complexity index is 1480. The fraction of sp³-hybridized carbons (Fsp3) is 0.261. The van der Waals surface area contributed by atoms with E-state index in [9.17, 15) is 36.2 Å². The Morgan fingerprint density at radius 2 is 1.84 bits per heavy atom. The second kappa shape index (κ2) is 9.42. The molecular formula is C23H19F6N5O3. The van der Waals surface area contributed by atoms with Gasteiger partial charge in [-0.25, -0.2) is 9.78 Å². The summed E-state index contributed by atoms with van der Waals surface area (Å²) in [5, 5.41) is 12.8. The van der Waals surface area contributed by atoms with Crippen molar-refractivity contribution in [3.05, 3.63) is 48.2 Å². The minimum atomic E-state index is -5.25. The molecule has 14 heteroatoms. The average molecular weight is 527 g/mol. The van der Waals surface area contributed by atoms with Crippen molar-refractivity contribution in [2.45, 2.75) is 18.5 Å². The van der Waals surface area contributed by atoms with Crippen LogP contribution >= 0.6 is 0 Å². The van der Waals surface area contributed by atoms with E-state index in [0.29, 0.717) is 16.3 Å². The van der Waals surface area contributed by atoms with Crippen LogP contribution in [0.3, 0.4) is 0 Å². The second-order valence-corrected chi connectivity index (χ2v) is 8.07. The molecule has 0 fully saturated rings. The molecule has 1 atom stereocenters. The first kappa shape index (κ1) is 26.0. The Hall–Kier alpha value is -4.07. The van der Waals surface area contributed by atoms with Gasteiger partial charge in [0.1, 0.15) is 11.9 Å².